The Morgan fingerprint density at radius 3 is 2.08 bits per heavy atom. The quantitative estimate of drug-likeness (QED) is 0.545. The van der Waals surface area contributed by atoms with Gasteiger partial charge in [0.05, 0.1) is 0 Å². The van der Waals surface area contributed by atoms with E-state index >= 15 is 0 Å². The molecule has 4 heteroatoms. The largest absolute Gasteiger partial charge is 0.442 e. The maximum absolute atomic E-state index is 12.3. The lowest BCUT2D eigenvalue weighted by atomic mass is 10.1. The van der Waals surface area contributed by atoms with Gasteiger partial charge in [-0.05, 0) is 23.8 Å². The molecule has 70 valence electrons. The van der Waals surface area contributed by atoms with E-state index in [-0.39, 0.29) is 11.3 Å². The van der Waals surface area contributed by atoms with Gasteiger partial charge < -0.3 is 0 Å². The van der Waals surface area contributed by atoms with E-state index in [2.05, 4.69) is 0 Å². The highest BCUT2D eigenvalue weighted by Crippen LogP contribution is 2.53. The standard InChI is InChI=1S/C8H10F4/c1-7(2)4-5(7)3-6(9)8(10,11)12/h3,5H,4H2,1-2H3. The molecule has 1 aliphatic rings. The molecule has 12 heavy (non-hydrogen) atoms. The summed E-state index contributed by atoms with van der Waals surface area (Å²) in [5, 5.41) is 0. The van der Waals surface area contributed by atoms with Gasteiger partial charge >= 0.3 is 6.18 Å². The van der Waals surface area contributed by atoms with Crippen molar-refractivity contribution in [1.82, 2.24) is 0 Å². The zero-order valence-corrected chi connectivity index (χ0v) is 6.87. The lowest BCUT2D eigenvalue weighted by Crippen LogP contribution is -2.08. The molecule has 0 heterocycles. The summed E-state index contributed by atoms with van der Waals surface area (Å²) in [6, 6.07) is 0. The van der Waals surface area contributed by atoms with E-state index in [9.17, 15) is 17.6 Å². The fourth-order valence-electron chi connectivity index (χ4n) is 1.06. The molecular weight excluding hydrogens is 172 g/mol. The van der Waals surface area contributed by atoms with Crippen molar-refractivity contribution in [2.75, 3.05) is 0 Å². The molecule has 0 amide bonds. The monoisotopic (exact) mass is 182 g/mol. The topological polar surface area (TPSA) is 0 Å². The van der Waals surface area contributed by atoms with E-state index in [4.69, 9.17) is 0 Å². The third-order valence-electron chi connectivity index (χ3n) is 2.21. The average molecular weight is 182 g/mol. The summed E-state index contributed by atoms with van der Waals surface area (Å²) in [6.07, 6.45) is -3.49. The van der Waals surface area contributed by atoms with Crippen LogP contribution >= 0.6 is 0 Å². The molecule has 1 fully saturated rings. The van der Waals surface area contributed by atoms with Crippen LogP contribution in [-0.2, 0) is 0 Å². The summed E-state index contributed by atoms with van der Waals surface area (Å²) in [5.74, 6) is -2.21. The van der Waals surface area contributed by atoms with Gasteiger partial charge in [-0.25, -0.2) is 4.39 Å². The minimum absolute atomic E-state index is 0.150. The van der Waals surface area contributed by atoms with Crippen molar-refractivity contribution in [3.05, 3.63) is 11.9 Å². The van der Waals surface area contributed by atoms with Crippen LogP contribution in [-0.4, -0.2) is 6.18 Å². The van der Waals surface area contributed by atoms with Crippen molar-refractivity contribution >= 4 is 0 Å². The average Bonchev–Trinajstić information content (AvgIpc) is 2.36. The normalized spacial score (nSPS) is 28.8. The maximum atomic E-state index is 12.3. The van der Waals surface area contributed by atoms with E-state index in [1.165, 1.54) is 0 Å². The Bertz CT molecular complexity index is 212. The molecule has 0 radical (unpaired) electrons. The van der Waals surface area contributed by atoms with Crippen molar-refractivity contribution in [1.29, 1.82) is 0 Å². The van der Waals surface area contributed by atoms with Crippen LogP contribution in [0.2, 0.25) is 0 Å². The van der Waals surface area contributed by atoms with Gasteiger partial charge in [0, 0.05) is 0 Å². The van der Waals surface area contributed by atoms with Crippen LogP contribution in [0.5, 0.6) is 0 Å². The van der Waals surface area contributed by atoms with Crippen LogP contribution in [0.3, 0.4) is 0 Å². The van der Waals surface area contributed by atoms with Gasteiger partial charge in [-0.1, -0.05) is 13.8 Å². The Hall–Kier alpha value is -0.540. The zero-order valence-electron chi connectivity index (χ0n) is 6.87. The molecule has 0 aromatic heterocycles. The van der Waals surface area contributed by atoms with Crippen LogP contribution in [0.4, 0.5) is 17.6 Å². The van der Waals surface area contributed by atoms with Gasteiger partial charge in [-0.15, -0.1) is 0 Å². The van der Waals surface area contributed by atoms with Gasteiger partial charge in [0.25, 0.3) is 0 Å². The van der Waals surface area contributed by atoms with Crippen molar-refractivity contribution in [2.24, 2.45) is 11.3 Å². The van der Waals surface area contributed by atoms with E-state index in [0.717, 1.165) is 0 Å². The lowest BCUT2D eigenvalue weighted by Gasteiger charge is -2.02. The predicted molar refractivity (Wildman–Crippen MR) is 37.1 cm³/mol. The molecule has 0 aliphatic heterocycles. The van der Waals surface area contributed by atoms with Crippen LogP contribution in [0.15, 0.2) is 11.9 Å². The summed E-state index contributed by atoms with van der Waals surface area (Å²) in [4.78, 5) is 0. The Kier molecular flexibility index (Phi) is 1.97. The third kappa shape index (κ3) is 1.99. The van der Waals surface area contributed by atoms with Gasteiger partial charge in [0.15, 0.2) is 5.83 Å². The molecule has 0 aromatic rings. The van der Waals surface area contributed by atoms with E-state index in [1.54, 1.807) is 0 Å². The molecular formula is C8H10F4. The minimum atomic E-state index is -4.81. The summed E-state index contributed by atoms with van der Waals surface area (Å²) < 4.78 is 47.2. The van der Waals surface area contributed by atoms with Gasteiger partial charge in [0.1, 0.15) is 0 Å². The van der Waals surface area contributed by atoms with E-state index < -0.39 is 12.0 Å². The van der Waals surface area contributed by atoms with Gasteiger partial charge in [0.2, 0.25) is 0 Å². The first-order valence-electron chi connectivity index (χ1n) is 3.68. The number of hydrogen-bond acceptors (Lipinski definition) is 0. The zero-order chi connectivity index (χ0) is 9.57. The molecule has 0 saturated heterocycles. The summed E-state index contributed by atoms with van der Waals surface area (Å²) in [7, 11) is 0. The SMILES string of the molecule is CC1(C)CC1C=C(F)C(F)(F)F. The fourth-order valence-corrected chi connectivity index (χ4v) is 1.06. The predicted octanol–water partition coefficient (Wildman–Crippen LogP) is 3.45. The fraction of sp³-hybridized carbons (Fsp3) is 0.750. The Morgan fingerprint density at radius 2 is 1.83 bits per heavy atom. The first-order valence-corrected chi connectivity index (χ1v) is 3.68. The molecule has 1 aliphatic carbocycles. The Labute approximate surface area is 68.3 Å². The molecule has 0 bridgehead atoms. The highest BCUT2D eigenvalue weighted by atomic mass is 19.4. The van der Waals surface area contributed by atoms with Gasteiger partial charge in [-0.2, -0.15) is 13.2 Å². The van der Waals surface area contributed by atoms with E-state index in [0.29, 0.717) is 12.5 Å². The molecule has 1 saturated carbocycles. The summed E-state index contributed by atoms with van der Waals surface area (Å²) in [5.41, 5.74) is -0.150. The van der Waals surface area contributed by atoms with Crippen LogP contribution in [0, 0.1) is 11.3 Å². The molecule has 1 unspecified atom stereocenters. The van der Waals surface area contributed by atoms with E-state index in [1.807, 2.05) is 13.8 Å². The minimum Gasteiger partial charge on any atom is -0.202 e. The molecule has 0 N–H and O–H groups in total. The van der Waals surface area contributed by atoms with Crippen molar-refractivity contribution in [2.45, 2.75) is 26.4 Å². The summed E-state index contributed by atoms with van der Waals surface area (Å²) >= 11 is 0. The molecule has 0 spiro atoms. The molecule has 0 nitrogen and oxygen atoms in total. The smallest absolute Gasteiger partial charge is 0.202 e. The number of rotatable bonds is 1. The summed E-state index contributed by atoms with van der Waals surface area (Å²) in [6.45, 7) is 3.63. The molecule has 0 aromatic carbocycles. The van der Waals surface area contributed by atoms with Crippen molar-refractivity contribution in [3.63, 3.8) is 0 Å². The first-order chi connectivity index (χ1) is 5.23. The Morgan fingerprint density at radius 1 is 1.42 bits per heavy atom. The van der Waals surface area contributed by atoms with Crippen LogP contribution in [0.25, 0.3) is 0 Å². The molecule has 1 atom stereocenters. The number of halogens is 4. The number of hydrogen-bond donors (Lipinski definition) is 0. The maximum Gasteiger partial charge on any atom is 0.442 e. The van der Waals surface area contributed by atoms with Gasteiger partial charge in [-0.3, -0.25) is 0 Å². The number of alkyl halides is 3. The van der Waals surface area contributed by atoms with Crippen LogP contribution in [0.1, 0.15) is 20.3 Å². The van der Waals surface area contributed by atoms with Crippen LogP contribution < -0.4 is 0 Å². The van der Waals surface area contributed by atoms with Crippen molar-refractivity contribution in [3.8, 4) is 0 Å². The second kappa shape index (κ2) is 2.47. The highest BCUT2D eigenvalue weighted by Gasteiger charge is 2.46. The Balaban J connectivity index is 2.60. The second-order valence-electron chi connectivity index (χ2n) is 3.81. The first kappa shape index (κ1) is 9.55. The second-order valence-corrected chi connectivity index (χ2v) is 3.81. The number of allylic oxidation sites excluding steroid dienone is 2. The highest BCUT2D eigenvalue weighted by molar-refractivity contribution is 5.13. The van der Waals surface area contributed by atoms with Crippen molar-refractivity contribution < 1.29 is 17.6 Å². The third-order valence-corrected chi connectivity index (χ3v) is 2.21. The molecule has 1 rings (SSSR count). The lowest BCUT2D eigenvalue weighted by molar-refractivity contribution is -0.109.